The van der Waals surface area contributed by atoms with Crippen LogP contribution in [0.4, 0.5) is 15.8 Å². The first kappa shape index (κ1) is 12.9. The number of benzene rings is 1. The van der Waals surface area contributed by atoms with Crippen molar-refractivity contribution >= 4 is 34.0 Å². The van der Waals surface area contributed by atoms with Crippen molar-refractivity contribution in [1.82, 2.24) is 0 Å². The largest absolute Gasteiger partial charge is 0.397 e. The summed E-state index contributed by atoms with van der Waals surface area (Å²) in [5.41, 5.74) is 7.23. The van der Waals surface area contributed by atoms with Gasteiger partial charge in [0.05, 0.1) is 27.6 Å². The number of hydrogen-bond acceptors (Lipinski definition) is 3. The van der Waals surface area contributed by atoms with Crippen LogP contribution >= 0.6 is 22.6 Å². The van der Waals surface area contributed by atoms with Gasteiger partial charge in [0.1, 0.15) is 5.82 Å². The molecule has 1 fully saturated rings. The van der Waals surface area contributed by atoms with Crippen LogP contribution in [0.15, 0.2) is 12.1 Å². The maximum Gasteiger partial charge on any atom is 0.138 e. The number of hydrogen-bond donors (Lipinski definition) is 2. The summed E-state index contributed by atoms with van der Waals surface area (Å²) in [6.45, 7) is 0.919. The zero-order valence-electron chi connectivity index (χ0n) is 9.50. The zero-order valence-corrected chi connectivity index (χ0v) is 11.7. The lowest BCUT2D eigenvalue weighted by molar-refractivity contribution is 0.240. The van der Waals surface area contributed by atoms with Gasteiger partial charge in [-0.25, -0.2) is 4.39 Å². The van der Waals surface area contributed by atoms with Crippen LogP contribution in [0, 0.1) is 9.39 Å². The van der Waals surface area contributed by atoms with Gasteiger partial charge in [-0.1, -0.05) is 0 Å². The van der Waals surface area contributed by atoms with Crippen LogP contribution in [0.5, 0.6) is 0 Å². The highest BCUT2D eigenvalue weighted by molar-refractivity contribution is 14.1. The summed E-state index contributed by atoms with van der Waals surface area (Å²) in [7, 11) is 0. The second kappa shape index (κ2) is 5.39. The molecule has 0 aromatic heterocycles. The van der Waals surface area contributed by atoms with Gasteiger partial charge in [-0.05, 0) is 47.9 Å². The average molecular weight is 350 g/mol. The molecule has 0 saturated carbocycles. The van der Waals surface area contributed by atoms with E-state index >= 15 is 0 Å². The molecule has 1 saturated heterocycles. The van der Waals surface area contributed by atoms with Gasteiger partial charge in [0.15, 0.2) is 0 Å². The molecule has 1 aromatic rings. The number of anilines is 2. The number of aliphatic hydroxyl groups is 1. The second-order valence-corrected chi connectivity index (χ2v) is 5.51. The third kappa shape index (κ3) is 2.65. The number of aliphatic hydroxyl groups excluding tert-OH is 1. The van der Waals surface area contributed by atoms with Crippen molar-refractivity contribution in [2.75, 3.05) is 23.8 Å². The molecular formula is C12H16FIN2O. The molecule has 1 aromatic carbocycles. The Morgan fingerprint density at radius 3 is 2.94 bits per heavy atom. The van der Waals surface area contributed by atoms with E-state index in [1.165, 1.54) is 6.07 Å². The normalized spacial score (nSPS) is 20.6. The van der Waals surface area contributed by atoms with E-state index in [0.29, 0.717) is 14.9 Å². The first-order valence-electron chi connectivity index (χ1n) is 5.75. The number of nitrogen functional groups attached to an aromatic ring is 1. The first-order chi connectivity index (χ1) is 8.13. The second-order valence-electron chi connectivity index (χ2n) is 4.35. The van der Waals surface area contributed by atoms with E-state index < -0.39 is 0 Å². The molecule has 3 N–H and O–H groups in total. The fourth-order valence-corrected chi connectivity index (χ4v) is 2.80. The Morgan fingerprint density at radius 2 is 2.24 bits per heavy atom. The van der Waals surface area contributed by atoms with Gasteiger partial charge >= 0.3 is 0 Å². The predicted octanol–water partition coefficient (Wildman–Crippen LogP) is 2.36. The molecule has 94 valence electrons. The van der Waals surface area contributed by atoms with Crippen LogP contribution in [0.3, 0.4) is 0 Å². The summed E-state index contributed by atoms with van der Waals surface area (Å²) in [5.74, 6) is -0.253. The van der Waals surface area contributed by atoms with E-state index in [1.54, 1.807) is 6.07 Å². The molecule has 0 spiro atoms. The van der Waals surface area contributed by atoms with Crippen molar-refractivity contribution in [3.63, 3.8) is 0 Å². The maximum atomic E-state index is 13.6. The predicted molar refractivity (Wildman–Crippen MR) is 75.6 cm³/mol. The van der Waals surface area contributed by atoms with Crippen molar-refractivity contribution in [3.05, 3.63) is 21.5 Å². The van der Waals surface area contributed by atoms with Gasteiger partial charge < -0.3 is 15.7 Å². The van der Waals surface area contributed by atoms with Gasteiger partial charge in [0, 0.05) is 12.6 Å². The Balaban J connectivity index is 2.34. The Morgan fingerprint density at radius 1 is 1.47 bits per heavy atom. The fraction of sp³-hybridized carbons (Fsp3) is 0.500. The van der Waals surface area contributed by atoms with E-state index in [1.807, 2.05) is 27.5 Å². The first-order valence-corrected chi connectivity index (χ1v) is 6.83. The molecule has 1 heterocycles. The smallest absolute Gasteiger partial charge is 0.138 e. The van der Waals surface area contributed by atoms with Gasteiger partial charge in [0.2, 0.25) is 0 Å². The Kier molecular flexibility index (Phi) is 4.09. The van der Waals surface area contributed by atoms with Crippen LogP contribution < -0.4 is 10.6 Å². The molecule has 5 heteroatoms. The number of halogens is 2. The molecule has 2 rings (SSSR count). The highest BCUT2D eigenvalue weighted by Gasteiger charge is 2.24. The van der Waals surface area contributed by atoms with Crippen molar-refractivity contribution in [3.8, 4) is 0 Å². The van der Waals surface area contributed by atoms with Crippen molar-refractivity contribution in [2.45, 2.75) is 25.3 Å². The summed E-state index contributed by atoms with van der Waals surface area (Å²) in [5, 5.41) is 9.36. The zero-order chi connectivity index (χ0) is 12.4. The molecule has 0 amide bonds. The third-order valence-electron chi connectivity index (χ3n) is 3.22. The van der Waals surface area contributed by atoms with Crippen LogP contribution in [-0.2, 0) is 0 Å². The summed E-state index contributed by atoms with van der Waals surface area (Å²) in [4.78, 5) is 2.03. The van der Waals surface area contributed by atoms with E-state index in [-0.39, 0.29) is 18.5 Å². The fourth-order valence-electron chi connectivity index (χ4n) is 2.31. The van der Waals surface area contributed by atoms with Crippen LogP contribution in [0.25, 0.3) is 0 Å². The van der Waals surface area contributed by atoms with Crippen LogP contribution in [-0.4, -0.2) is 24.3 Å². The Hall–Kier alpha value is -0.560. The minimum absolute atomic E-state index is 0.0607. The van der Waals surface area contributed by atoms with Gasteiger partial charge in [-0.15, -0.1) is 0 Å². The monoisotopic (exact) mass is 350 g/mol. The summed E-state index contributed by atoms with van der Waals surface area (Å²) in [6.07, 6.45) is 3.10. The molecule has 0 bridgehead atoms. The number of piperidine rings is 1. The molecule has 17 heavy (non-hydrogen) atoms. The number of nitrogens with zero attached hydrogens (tertiary/aromatic N) is 1. The molecule has 0 aliphatic carbocycles. The quantitative estimate of drug-likeness (QED) is 0.636. The molecule has 1 atom stereocenters. The third-order valence-corrected chi connectivity index (χ3v) is 4.04. The van der Waals surface area contributed by atoms with Crippen molar-refractivity contribution < 1.29 is 9.50 Å². The van der Waals surface area contributed by atoms with E-state index in [0.717, 1.165) is 25.8 Å². The SMILES string of the molecule is Nc1cc(I)c(F)cc1N1CCCCC1CO. The van der Waals surface area contributed by atoms with Gasteiger partial charge in [-0.2, -0.15) is 0 Å². The maximum absolute atomic E-state index is 13.6. The number of nitrogens with two attached hydrogens (primary N) is 1. The minimum atomic E-state index is -0.253. The Labute approximate surface area is 114 Å². The average Bonchev–Trinajstić information content (AvgIpc) is 2.34. The Bertz CT molecular complexity index is 414. The van der Waals surface area contributed by atoms with E-state index in [2.05, 4.69) is 0 Å². The molecule has 1 aliphatic heterocycles. The molecule has 1 unspecified atom stereocenters. The van der Waals surface area contributed by atoms with Crippen molar-refractivity contribution in [2.24, 2.45) is 0 Å². The lowest BCUT2D eigenvalue weighted by atomic mass is 10.0. The topological polar surface area (TPSA) is 49.5 Å². The summed E-state index contributed by atoms with van der Waals surface area (Å²) in [6, 6.07) is 3.19. The molecule has 0 radical (unpaired) electrons. The lowest BCUT2D eigenvalue weighted by Gasteiger charge is -2.37. The summed E-state index contributed by atoms with van der Waals surface area (Å²) < 4.78 is 14.1. The standard InChI is InChI=1S/C12H16FIN2O/c13-9-5-12(11(15)6-10(9)14)16-4-2-1-3-8(16)7-17/h5-6,8,17H,1-4,7,15H2. The minimum Gasteiger partial charge on any atom is -0.397 e. The molecular weight excluding hydrogens is 334 g/mol. The van der Waals surface area contributed by atoms with E-state index in [9.17, 15) is 9.50 Å². The van der Waals surface area contributed by atoms with Crippen LogP contribution in [0.2, 0.25) is 0 Å². The highest BCUT2D eigenvalue weighted by atomic mass is 127. The molecule has 1 aliphatic rings. The molecule has 3 nitrogen and oxygen atoms in total. The lowest BCUT2D eigenvalue weighted by Crippen LogP contribution is -2.42. The van der Waals surface area contributed by atoms with Crippen LogP contribution in [0.1, 0.15) is 19.3 Å². The van der Waals surface area contributed by atoms with Crippen molar-refractivity contribution in [1.29, 1.82) is 0 Å². The summed E-state index contributed by atoms with van der Waals surface area (Å²) >= 11 is 1.93. The van der Waals surface area contributed by atoms with Gasteiger partial charge in [-0.3, -0.25) is 0 Å². The highest BCUT2D eigenvalue weighted by Crippen LogP contribution is 2.32. The number of rotatable bonds is 2. The van der Waals surface area contributed by atoms with E-state index in [4.69, 9.17) is 5.73 Å². The van der Waals surface area contributed by atoms with Gasteiger partial charge in [0.25, 0.3) is 0 Å².